The number of amides is 1. The molecule has 2 aliphatic rings. The van der Waals surface area contributed by atoms with Crippen molar-refractivity contribution in [2.45, 2.75) is 38.1 Å². The van der Waals surface area contributed by atoms with Gasteiger partial charge in [0.1, 0.15) is 11.3 Å². The average Bonchev–Trinajstić information content (AvgIpc) is 3.22. The largest absolute Gasteiger partial charge is 0.481 e. The average molecular weight is 484 g/mol. The molecule has 1 fully saturated rings. The van der Waals surface area contributed by atoms with Gasteiger partial charge in [-0.3, -0.25) is 9.78 Å². The van der Waals surface area contributed by atoms with E-state index < -0.39 is 11.9 Å². The van der Waals surface area contributed by atoms with Gasteiger partial charge in [0.05, 0.1) is 36.8 Å². The first-order chi connectivity index (χ1) is 17.0. The minimum absolute atomic E-state index is 0.0263. The van der Waals surface area contributed by atoms with E-state index in [-0.39, 0.29) is 31.0 Å². The van der Waals surface area contributed by atoms with Gasteiger partial charge in [0, 0.05) is 37.3 Å². The van der Waals surface area contributed by atoms with Gasteiger partial charge in [-0.1, -0.05) is 0 Å². The number of nitrogens with one attached hydrogen (secondary N) is 3. The summed E-state index contributed by atoms with van der Waals surface area (Å²) in [5, 5.41) is 20.1. The van der Waals surface area contributed by atoms with Crippen LogP contribution in [0.5, 0.6) is 11.8 Å². The van der Waals surface area contributed by atoms with E-state index >= 15 is 0 Å². The molecule has 4 N–H and O–H groups in total. The molecular formula is C23H26FN7O4. The third kappa shape index (κ3) is 4.99. The number of rotatable bonds is 8. The number of anilines is 1. The zero-order chi connectivity index (χ0) is 24.4. The highest BCUT2D eigenvalue weighted by Gasteiger charge is 2.34. The summed E-state index contributed by atoms with van der Waals surface area (Å²) < 4.78 is 24.9. The first kappa shape index (κ1) is 23.3. The van der Waals surface area contributed by atoms with Crippen LogP contribution in [0, 0.1) is 11.7 Å². The van der Waals surface area contributed by atoms with E-state index in [1.807, 2.05) is 0 Å². The summed E-state index contributed by atoms with van der Waals surface area (Å²) in [5.41, 5.74) is 2.06. The molecule has 4 heterocycles. The molecule has 0 spiro atoms. The van der Waals surface area contributed by atoms with Crippen LogP contribution < -0.4 is 25.4 Å². The maximum absolute atomic E-state index is 14.6. The number of methoxy groups -OCH3 is 1. The molecule has 35 heavy (non-hydrogen) atoms. The van der Waals surface area contributed by atoms with E-state index in [9.17, 15) is 14.3 Å². The molecule has 12 heteroatoms. The summed E-state index contributed by atoms with van der Waals surface area (Å²) in [6.45, 7) is 1.15. The van der Waals surface area contributed by atoms with Crippen LogP contribution in [0.2, 0.25) is 0 Å². The molecule has 0 aromatic carbocycles. The highest BCUT2D eigenvalue weighted by molar-refractivity contribution is 5.93. The summed E-state index contributed by atoms with van der Waals surface area (Å²) in [4.78, 5) is 28.4. The summed E-state index contributed by atoms with van der Waals surface area (Å²) in [6.07, 6.45) is 3.76. The molecule has 1 saturated carbocycles. The van der Waals surface area contributed by atoms with Gasteiger partial charge in [0.2, 0.25) is 5.88 Å². The molecule has 3 aromatic rings. The maximum atomic E-state index is 14.6. The number of carbonyl (C=O) groups is 1. The molecule has 0 radical (unpaired) electrons. The van der Waals surface area contributed by atoms with Crippen LogP contribution >= 0.6 is 0 Å². The van der Waals surface area contributed by atoms with E-state index in [0.29, 0.717) is 53.0 Å². The van der Waals surface area contributed by atoms with Crippen molar-refractivity contribution in [3.05, 3.63) is 41.6 Å². The Bertz CT molecular complexity index is 1240. The minimum Gasteiger partial charge on any atom is -0.481 e. The highest BCUT2D eigenvalue weighted by atomic mass is 19.1. The molecule has 1 aliphatic heterocycles. The molecular weight excluding hydrogens is 457 g/mol. The second kappa shape index (κ2) is 10.0. The van der Waals surface area contributed by atoms with Crippen molar-refractivity contribution in [2.75, 3.05) is 25.6 Å². The lowest BCUT2D eigenvalue weighted by atomic mass is 10.0. The third-order valence-electron chi connectivity index (χ3n) is 6.33. The standard InChI is InChI=1S/C23H26FN7O4/c1-34-19-5-4-16-20(31-19)14(15(24)10-27-16)9-26-17-3-2-12(21(17)33)6-25-7-13-8-28-23-22(29-13)30-18(32)11-35-23/h4-5,8,10,12,17,21,25-26,33H,2-3,6-7,9,11H2,1H3,(H,29,30,32)/t12-,17-,21+/m1/s1. The fourth-order valence-corrected chi connectivity index (χ4v) is 4.48. The summed E-state index contributed by atoms with van der Waals surface area (Å²) in [7, 11) is 1.51. The Morgan fingerprint density at radius 3 is 2.97 bits per heavy atom. The van der Waals surface area contributed by atoms with Gasteiger partial charge < -0.3 is 30.5 Å². The van der Waals surface area contributed by atoms with Crippen molar-refractivity contribution in [1.82, 2.24) is 30.6 Å². The molecule has 0 saturated heterocycles. The van der Waals surface area contributed by atoms with Gasteiger partial charge in [0.15, 0.2) is 12.4 Å². The van der Waals surface area contributed by atoms with Gasteiger partial charge in [-0.25, -0.2) is 19.3 Å². The fraction of sp³-hybridized carbons (Fsp3) is 0.435. The van der Waals surface area contributed by atoms with Crippen molar-refractivity contribution in [2.24, 2.45) is 5.92 Å². The van der Waals surface area contributed by atoms with Crippen molar-refractivity contribution in [3.8, 4) is 11.8 Å². The SMILES string of the molecule is COc1ccc2ncc(F)c(CN[C@@H]3CC[C@H](CNCc4cnc5c(n4)NC(=O)CO5)[C@@H]3O)c2n1. The second-order valence-electron chi connectivity index (χ2n) is 8.60. The molecule has 1 amide bonds. The van der Waals surface area contributed by atoms with E-state index in [2.05, 4.69) is 35.9 Å². The molecule has 5 rings (SSSR count). The summed E-state index contributed by atoms with van der Waals surface area (Å²) in [5.74, 6) is 0.313. The number of aliphatic hydroxyl groups excluding tert-OH is 1. The van der Waals surface area contributed by atoms with Gasteiger partial charge >= 0.3 is 0 Å². The topological polar surface area (TPSA) is 143 Å². The van der Waals surface area contributed by atoms with Gasteiger partial charge in [0.25, 0.3) is 11.8 Å². The number of nitrogens with zero attached hydrogens (tertiary/aromatic N) is 4. The predicted molar refractivity (Wildman–Crippen MR) is 123 cm³/mol. The number of hydrogen-bond donors (Lipinski definition) is 4. The summed E-state index contributed by atoms with van der Waals surface area (Å²) >= 11 is 0. The fourth-order valence-electron chi connectivity index (χ4n) is 4.48. The lowest BCUT2D eigenvalue weighted by Gasteiger charge is -2.21. The molecule has 11 nitrogen and oxygen atoms in total. The molecule has 3 atom stereocenters. The lowest BCUT2D eigenvalue weighted by molar-refractivity contribution is -0.118. The normalized spacial score (nSPS) is 21.5. The van der Waals surface area contributed by atoms with Crippen LogP contribution in [0.1, 0.15) is 24.1 Å². The minimum atomic E-state index is -0.594. The van der Waals surface area contributed by atoms with Crippen molar-refractivity contribution < 1.29 is 23.8 Å². The van der Waals surface area contributed by atoms with Crippen LogP contribution in [-0.4, -0.2) is 63.4 Å². The van der Waals surface area contributed by atoms with E-state index in [0.717, 1.165) is 12.8 Å². The molecule has 3 aromatic heterocycles. The predicted octanol–water partition coefficient (Wildman–Crippen LogP) is 0.917. The lowest BCUT2D eigenvalue weighted by Crippen LogP contribution is -2.40. The Kier molecular flexibility index (Phi) is 6.66. The molecule has 0 unspecified atom stereocenters. The molecule has 0 bridgehead atoms. The zero-order valence-electron chi connectivity index (χ0n) is 19.1. The first-order valence-corrected chi connectivity index (χ1v) is 11.4. The number of pyridine rings is 2. The number of aromatic nitrogens is 4. The Morgan fingerprint density at radius 2 is 2.11 bits per heavy atom. The van der Waals surface area contributed by atoms with Crippen LogP contribution in [0.4, 0.5) is 10.2 Å². The van der Waals surface area contributed by atoms with Crippen molar-refractivity contribution in [3.63, 3.8) is 0 Å². The quantitative estimate of drug-likeness (QED) is 0.365. The smallest absolute Gasteiger partial charge is 0.263 e. The number of halogens is 1. The Hall–Kier alpha value is -3.48. The van der Waals surface area contributed by atoms with Gasteiger partial charge in [-0.05, 0) is 24.8 Å². The number of ether oxygens (including phenoxy) is 2. The van der Waals surface area contributed by atoms with Crippen molar-refractivity contribution in [1.29, 1.82) is 0 Å². The number of fused-ring (bicyclic) bond motifs is 2. The Balaban J connectivity index is 1.16. The van der Waals surface area contributed by atoms with Crippen LogP contribution in [0.15, 0.2) is 24.5 Å². The van der Waals surface area contributed by atoms with E-state index in [1.165, 1.54) is 13.3 Å². The molecule has 1 aliphatic carbocycles. The van der Waals surface area contributed by atoms with Crippen LogP contribution in [-0.2, 0) is 17.9 Å². The summed E-state index contributed by atoms with van der Waals surface area (Å²) in [6, 6.07) is 3.25. The maximum Gasteiger partial charge on any atom is 0.263 e. The number of aliphatic hydroxyl groups is 1. The zero-order valence-corrected chi connectivity index (χ0v) is 19.1. The Labute approximate surface area is 200 Å². The van der Waals surface area contributed by atoms with E-state index in [1.54, 1.807) is 18.3 Å². The monoisotopic (exact) mass is 483 g/mol. The molecule has 184 valence electrons. The second-order valence-corrected chi connectivity index (χ2v) is 8.60. The van der Waals surface area contributed by atoms with Crippen molar-refractivity contribution >= 4 is 22.8 Å². The first-order valence-electron chi connectivity index (χ1n) is 11.4. The number of hydrogen-bond acceptors (Lipinski definition) is 10. The van der Waals surface area contributed by atoms with Crippen LogP contribution in [0.3, 0.4) is 0 Å². The Morgan fingerprint density at radius 1 is 1.23 bits per heavy atom. The third-order valence-corrected chi connectivity index (χ3v) is 6.33. The van der Waals surface area contributed by atoms with Gasteiger partial charge in [-0.2, -0.15) is 0 Å². The highest BCUT2D eigenvalue weighted by Crippen LogP contribution is 2.28. The van der Waals surface area contributed by atoms with E-state index in [4.69, 9.17) is 9.47 Å². The van der Waals surface area contributed by atoms with Crippen LogP contribution in [0.25, 0.3) is 11.0 Å². The number of carbonyl (C=O) groups excluding carboxylic acids is 1. The van der Waals surface area contributed by atoms with Gasteiger partial charge in [-0.15, -0.1) is 0 Å².